The fraction of sp³-hybridized carbons (Fsp3) is 0.600. The number of halogens is 3. The van der Waals surface area contributed by atoms with Gasteiger partial charge in [0, 0.05) is 18.4 Å². The van der Waals surface area contributed by atoms with Gasteiger partial charge in [-0.15, -0.1) is 0 Å². The standard InChI is InChI=1S/C25H31F3O5/c1-14(2)23(31)33-22-21(19(30)11-24(22)7-5-17(12-29)6-8-24)20-15(3)9-18(10-16(20)4)32-13-25(26,27)28/h9-10,14,17,29H,5-8,11-13H2,1-4H3. The first-order valence-electron chi connectivity index (χ1n) is 11.3. The average Bonchev–Trinajstić information content (AvgIpc) is 2.97. The molecule has 0 saturated heterocycles. The van der Waals surface area contributed by atoms with Gasteiger partial charge in [-0.25, -0.2) is 0 Å². The summed E-state index contributed by atoms with van der Waals surface area (Å²) in [6, 6.07) is 2.95. The van der Waals surface area contributed by atoms with Crippen molar-refractivity contribution in [3.63, 3.8) is 0 Å². The molecule has 1 fully saturated rings. The van der Waals surface area contributed by atoms with Crippen LogP contribution >= 0.6 is 0 Å². The van der Waals surface area contributed by atoms with Gasteiger partial charge in [0.05, 0.1) is 11.5 Å². The van der Waals surface area contributed by atoms with Gasteiger partial charge in [-0.3, -0.25) is 9.59 Å². The zero-order chi connectivity index (χ0) is 24.6. The predicted octanol–water partition coefficient (Wildman–Crippen LogP) is 5.30. The molecule has 0 bridgehead atoms. The normalized spacial score (nSPS) is 23.5. The maximum absolute atomic E-state index is 13.3. The molecule has 0 aliphatic heterocycles. The SMILES string of the molecule is Cc1cc(OCC(F)(F)F)cc(C)c1C1=C(OC(=O)C(C)C)C2(CCC(CO)CC2)CC1=O. The summed E-state index contributed by atoms with van der Waals surface area (Å²) in [6.45, 7) is 5.53. The molecule has 1 aromatic carbocycles. The maximum Gasteiger partial charge on any atom is 0.422 e. The van der Waals surface area contributed by atoms with Crippen LogP contribution in [0.2, 0.25) is 0 Å². The van der Waals surface area contributed by atoms with Crippen molar-refractivity contribution in [2.75, 3.05) is 13.2 Å². The molecule has 0 aromatic heterocycles. The third kappa shape index (κ3) is 5.42. The Morgan fingerprint density at radius 1 is 1.18 bits per heavy atom. The predicted molar refractivity (Wildman–Crippen MR) is 116 cm³/mol. The van der Waals surface area contributed by atoms with Crippen LogP contribution in [-0.2, 0) is 14.3 Å². The number of benzene rings is 1. The van der Waals surface area contributed by atoms with Crippen LogP contribution in [0, 0.1) is 31.1 Å². The lowest BCUT2D eigenvalue weighted by atomic mass is 9.69. The Kier molecular flexibility index (Phi) is 7.27. The summed E-state index contributed by atoms with van der Waals surface area (Å²) in [5.74, 6) is -0.361. The second-order valence-corrected chi connectivity index (χ2v) is 9.62. The number of carbonyl (C=O) groups is 2. The van der Waals surface area contributed by atoms with E-state index in [1.807, 2.05) is 0 Å². The van der Waals surface area contributed by atoms with E-state index in [1.54, 1.807) is 27.7 Å². The van der Waals surface area contributed by atoms with E-state index in [-0.39, 0.29) is 36.4 Å². The highest BCUT2D eigenvalue weighted by atomic mass is 19.4. The van der Waals surface area contributed by atoms with Crippen LogP contribution < -0.4 is 4.74 Å². The third-order valence-corrected chi connectivity index (χ3v) is 6.64. The van der Waals surface area contributed by atoms with Crippen LogP contribution in [0.3, 0.4) is 0 Å². The first-order valence-corrected chi connectivity index (χ1v) is 11.3. The number of aliphatic hydroxyl groups excluding tert-OH is 1. The highest BCUT2D eigenvalue weighted by molar-refractivity contribution is 6.25. The van der Waals surface area contributed by atoms with E-state index in [4.69, 9.17) is 9.47 Å². The molecular weight excluding hydrogens is 437 g/mol. The first kappa shape index (κ1) is 25.3. The minimum atomic E-state index is -4.46. The van der Waals surface area contributed by atoms with Crippen LogP contribution in [-0.4, -0.2) is 36.2 Å². The lowest BCUT2D eigenvalue weighted by Gasteiger charge is -2.37. The average molecular weight is 469 g/mol. The van der Waals surface area contributed by atoms with Gasteiger partial charge in [-0.2, -0.15) is 13.2 Å². The summed E-state index contributed by atoms with van der Waals surface area (Å²) in [4.78, 5) is 25.9. The van der Waals surface area contributed by atoms with Crippen molar-refractivity contribution in [2.45, 2.75) is 66.0 Å². The van der Waals surface area contributed by atoms with E-state index in [0.29, 0.717) is 40.9 Å². The number of Topliss-reactive ketones (excluding diaryl/α,β-unsaturated/α-hetero) is 1. The molecule has 8 heteroatoms. The summed E-state index contributed by atoms with van der Waals surface area (Å²) < 4.78 is 48.5. The number of esters is 1. The van der Waals surface area contributed by atoms with Gasteiger partial charge in [-0.05, 0) is 74.3 Å². The minimum Gasteiger partial charge on any atom is -0.484 e. The van der Waals surface area contributed by atoms with Crippen molar-refractivity contribution in [2.24, 2.45) is 17.3 Å². The molecule has 5 nitrogen and oxygen atoms in total. The smallest absolute Gasteiger partial charge is 0.422 e. The molecule has 0 unspecified atom stereocenters. The Bertz CT molecular complexity index is 930. The molecule has 33 heavy (non-hydrogen) atoms. The summed E-state index contributed by atoms with van der Waals surface area (Å²) in [6.07, 6.45) is -1.54. The quantitative estimate of drug-likeness (QED) is 0.574. The Morgan fingerprint density at radius 2 is 1.76 bits per heavy atom. The molecule has 0 atom stereocenters. The molecule has 0 radical (unpaired) electrons. The van der Waals surface area contributed by atoms with Gasteiger partial charge >= 0.3 is 12.1 Å². The van der Waals surface area contributed by atoms with Crippen molar-refractivity contribution in [3.8, 4) is 5.75 Å². The number of allylic oxidation sites excluding steroid dienone is 2. The molecule has 1 spiro atoms. The Labute approximate surface area is 192 Å². The molecule has 0 amide bonds. The molecule has 1 saturated carbocycles. The summed E-state index contributed by atoms with van der Waals surface area (Å²) >= 11 is 0. The number of hydrogen-bond donors (Lipinski definition) is 1. The van der Waals surface area contributed by atoms with E-state index in [1.165, 1.54) is 12.1 Å². The maximum atomic E-state index is 13.3. The molecule has 2 aliphatic rings. The monoisotopic (exact) mass is 468 g/mol. The zero-order valence-electron chi connectivity index (χ0n) is 19.5. The Balaban J connectivity index is 2.07. The van der Waals surface area contributed by atoms with E-state index in [2.05, 4.69) is 0 Å². The lowest BCUT2D eigenvalue weighted by molar-refractivity contribution is -0.153. The fourth-order valence-corrected chi connectivity index (χ4v) is 4.88. The fourth-order valence-electron chi connectivity index (χ4n) is 4.88. The number of aliphatic hydroxyl groups is 1. The van der Waals surface area contributed by atoms with Crippen LogP contribution in [0.5, 0.6) is 5.75 Å². The number of rotatable bonds is 6. The topological polar surface area (TPSA) is 72.8 Å². The Hall–Kier alpha value is -2.35. The number of ketones is 1. The van der Waals surface area contributed by atoms with Gasteiger partial charge in [0.2, 0.25) is 0 Å². The molecule has 182 valence electrons. The molecule has 1 aromatic rings. The van der Waals surface area contributed by atoms with Crippen molar-refractivity contribution < 1.29 is 37.3 Å². The van der Waals surface area contributed by atoms with Gasteiger partial charge in [0.15, 0.2) is 12.4 Å². The number of carbonyl (C=O) groups excluding carboxylic acids is 2. The van der Waals surface area contributed by atoms with Gasteiger partial charge < -0.3 is 14.6 Å². The first-order chi connectivity index (χ1) is 15.4. The summed E-state index contributed by atoms with van der Waals surface area (Å²) in [5.41, 5.74) is 1.47. The highest BCUT2D eigenvalue weighted by Gasteiger charge is 2.50. The molecule has 3 rings (SSSR count). The Morgan fingerprint density at radius 3 is 2.24 bits per heavy atom. The number of aryl methyl sites for hydroxylation is 2. The molecule has 0 heterocycles. The number of alkyl halides is 3. The number of hydrogen-bond acceptors (Lipinski definition) is 5. The second-order valence-electron chi connectivity index (χ2n) is 9.62. The highest BCUT2D eigenvalue weighted by Crippen LogP contribution is 2.55. The van der Waals surface area contributed by atoms with Crippen LogP contribution in [0.1, 0.15) is 62.6 Å². The molecule has 2 aliphatic carbocycles. The van der Waals surface area contributed by atoms with Crippen LogP contribution in [0.4, 0.5) is 13.2 Å². The lowest BCUT2D eigenvalue weighted by Crippen LogP contribution is -2.31. The zero-order valence-corrected chi connectivity index (χ0v) is 19.5. The third-order valence-electron chi connectivity index (χ3n) is 6.64. The van der Waals surface area contributed by atoms with E-state index in [9.17, 15) is 27.9 Å². The van der Waals surface area contributed by atoms with Gasteiger partial charge in [0.25, 0.3) is 0 Å². The van der Waals surface area contributed by atoms with Crippen LogP contribution in [0.25, 0.3) is 5.57 Å². The molecular formula is C25H31F3O5. The van der Waals surface area contributed by atoms with Crippen molar-refractivity contribution >= 4 is 17.3 Å². The van der Waals surface area contributed by atoms with Crippen molar-refractivity contribution in [1.82, 2.24) is 0 Å². The van der Waals surface area contributed by atoms with E-state index in [0.717, 1.165) is 12.8 Å². The van der Waals surface area contributed by atoms with E-state index >= 15 is 0 Å². The van der Waals surface area contributed by atoms with E-state index < -0.39 is 24.2 Å². The minimum absolute atomic E-state index is 0.0658. The van der Waals surface area contributed by atoms with Crippen molar-refractivity contribution in [3.05, 3.63) is 34.6 Å². The van der Waals surface area contributed by atoms with Gasteiger partial charge in [0.1, 0.15) is 11.5 Å². The summed E-state index contributed by atoms with van der Waals surface area (Å²) in [5, 5.41) is 9.53. The van der Waals surface area contributed by atoms with Gasteiger partial charge in [-0.1, -0.05) is 13.8 Å². The van der Waals surface area contributed by atoms with Crippen molar-refractivity contribution in [1.29, 1.82) is 0 Å². The largest absolute Gasteiger partial charge is 0.484 e. The molecule has 1 N–H and O–H groups in total. The van der Waals surface area contributed by atoms with Crippen LogP contribution in [0.15, 0.2) is 17.9 Å². The number of ether oxygens (including phenoxy) is 2. The second kappa shape index (κ2) is 9.49. The summed E-state index contributed by atoms with van der Waals surface area (Å²) in [7, 11) is 0.